The van der Waals surface area contributed by atoms with Gasteiger partial charge in [-0.1, -0.05) is 18.2 Å². The van der Waals surface area contributed by atoms with Crippen LogP contribution in [0.1, 0.15) is 11.1 Å². The Kier molecular flexibility index (Phi) is 4.18. The van der Waals surface area contributed by atoms with Crippen LogP contribution < -0.4 is 5.32 Å². The van der Waals surface area contributed by atoms with Gasteiger partial charge in [-0.15, -0.1) is 0 Å². The van der Waals surface area contributed by atoms with Gasteiger partial charge in [-0.2, -0.15) is 0 Å². The van der Waals surface area contributed by atoms with Crippen molar-refractivity contribution >= 4 is 17.3 Å². The smallest absolute Gasteiger partial charge is 0.269 e. The van der Waals surface area contributed by atoms with E-state index in [1.165, 1.54) is 18.2 Å². The number of nitrogens with zero attached hydrogens (tertiary/aromatic N) is 1. The number of hydrogen-bond acceptors (Lipinski definition) is 4. The van der Waals surface area contributed by atoms with Crippen LogP contribution in [0.3, 0.4) is 0 Å². The van der Waals surface area contributed by atoms with Crippen molar-refractivity contribution in [2.75, 3.05) is 5.32 Å². The van der Waals surface area contributed by atoms with Crippen LogP contribution in [-0.4, -0.2) is 15.9 Å². The number of non-ortho nitro benzene ring substituents is 1. The van der Waals surface area contributed by atoms with Gasteiger partial charge >= 0.3 is 0 Å². The summed E-state index contributed by atoms with van der Waals surface area (Å²) in [5.74, 6) is -0.202. The lowest BCUT2D eigenvalue weighted by molar-refractivity contribution is -0.384. The molecular weight excluding hydrogens is 272 g/mol. The van der Waals surface area contributed by atoms with Crippen LogP contribution in [-0.2, 0) is 11.2 Å². The molecule has 2 aromatic carbocycles. The molecular formula is C15H14N2O4. The lowest BCUT2D eigenvalue weighted by atomic mass is 10.1. The molecule has 0 aliphatic rings. The molecule has 0 saturated heterocycles. The minimum atomic E-state index is -0.499. The van der Waals surface area contributed by atoms with Crippen LogP contribution >= 0.6 is 0 Å². The van der Waals surface area contributed by atoms with Crippen LogP contribution in [0.5, 0.6) is 5.75 Å². The first-order valence-electron chi connectivity index (χ1n) is 6.29. The molecule has 0 bridgehead atoms. The van der Waals surface area contributed by atoms with Gasteiger partial charge in [-0.3, -0.25) is 14.9 Å². The predicted molar refractivity (Wildman–Crippen MR) is 78.3 cm³/mol. The summed E-state index contributed by atoms with van der Waals surface area (Å²) in [4.78, 5) is 22.2. The summed E-state index contributed by atoms with van der Waals surface area (Å²) >= 11 is 0. The normalized spacial score (nSPS) is 10.1. The van der Waals surface area contributed by atoms with Crippen molar-refractivity contribution in [3.8, 4) is 5.75 Å². The van der Waals surface area contributed by atoms with Gasteiger partial charge < -0.3 is 10.4 Å². The van der Waals surface area contributed by atoms with Crippen molar-refractivity contribution in [1.82, 2.24) is 0 Å². The van der Waals surface area contributed by atoms with Gasteiger partial charge in [0, 0.05) is 23.4 Å². The SMILES string of the molecule is Cc1c(O)cccc1NC(=O)Cc1cccc([N+](=O)[O-])c1. The highest BCUT2D eigenvalue weighted by Crippen LogP contribution is 2.24. The predicted octanol–water partition coefficient (Wildman–Crippen LogP) is 2.79. The number of benzene rings is 2. The molecule has 0 atom stereocenters. The number of amides is 1. The molecule has 6 nitrogen and oxygen atoms in total. The number of aromatic hydroxyl groups is 1. The summed E-state index contributed by atoms with van der Waals surface area (Å²) in [6.07, 6.45) is 0.0246. The molecule has 0 heterocycles. The number of nitro benzene ring substituents is 1. The summed E-state index contributed by atoms with van der Waals surface area (Å²) in [6, 6.07) is 10.8. The third-order valence-electron chi connectivity index (χ3n) is 3.07. The van der Waals surface area contributed by atoms with E-state index < -0.39 is 4.92 Å². The van der Waals surface area contributed by atoms with E-state index >= 15 is 0 Å². The quantitative estimate of drug-likeness (QED) is 0.667. The van der Waals surface area contributed by atoms with E-state index in [0.717, 1.165) is 0 Å². The zero-order valence-electron chi connectivity index (χ0n) is 11.4. The van der Waals surface area contributed by atoms with Crippen LogP contribution in [0.25, 0.3) is 0 Å². The number of phenolic OH excluding ortho intramolecular Hbond substituents is 1. The molecule has 2 N–H and O–H groups in total. The van der Waals surface area contributed by atoms with Crippen LogP contribution in [0.2, 0.25) is 0 Å². The summed E-state index contributed by atoms with van der Waals surface area (Å²) in [5, 5.41) is 22.9. The Hall–Kier alpha value is -2.89. The van der Waals surface area contributed by atoms with Gasteiger partial charge in [0.15, 0.2) is 0 Å². The Bertz CT molecular complexity index is 698. The maximum atomic E-state index is 12.0. The van der Waals surface area contributed by atoms with Gasteiger partial charge in [0.05, 0.1) is 11.3 Å². The zero-order valence-corrected chi connectivity index (χ0v) is 11.4. The second-order valence-electron chi connectivity index (χ2n) is 4.60. The van der Waals surface area contributed by atoms with Crippen LogP contribution in [0, 0.1) is 17.0 Å². The monoisotopic (exact) mass is 286 g/mol. The number of hydrogen-bond donors (Lipinski definition) is 2. The molecule has 0 spiro atoms. The number of nitrogens with one attached hydrogen (secondary N) is 1. The number of rotatable bonds is 4. The van der Waals surface area contributed by atoms with Crippen molar-refractivity contribution < 1.29 is 14.8 Å². The van der Waals surface area contributed by atoms with Crippen molar-refractivity contribution in [3.63, 3.8) is 0 Å². The topological polar surface area (TPSA) is 92.5 Å². The van der Waals surface area contributed by atoms with E-state index in [9.17, 15) is 20.0 Å². The Morgan fingerprint density at radius 2 is 2.00 bits per heavy atom. The average molecular weight is 286 g/mol. The number of carbonyl (C=O) groups is 1. The molecule has 0 radical (unpaired) electrons. The largest absolute Gasteiger partial charge is 0.508 e. The zero-order chi connectivity index (χ0) is 15.4. The molecule has 0 unspecified atom stereocenters. The number of anilines is 1. The molecule has 0 saturated carbocycles. The molecule has 2 rings (SSSR count). The highest BCUT2D eigenvalue weighted by molar-refractivity contribution is 5.93. The second-order valence-corrected chi connectivity index (χ2v) is 4.60. The summed E-state index contributed by atoms with van der Waals surface area (Å²) in [6.45, 7) is 1.69. The van der Waals surface area contributed by atoms with Gasteiger partial charge in [0.1, 0.15) is 5.75 Å². The third kappa shape index (κ3) is 3.56. The molecule has 2 aromatic rings. The highest BCUT2D eigenvalue weighted by atomic mass is 16.6. The second kappa shape index (κ2) is 6.04. The van der Waals surface area contributed by atoms with Crippen LogP contribution in [0.4, 0.5) is 11.4 Å². The molecule has 0 aliphatic carbocycles. The first-order valence-corrected chi connectivity index (χ1v) is 6.29. The first kappa shape index (κ1) is 14.5. The summed E-state index contributed by atoms with van der Waals surface area (Å²) in [7, 11) is 0. The van der Waals surface area contributed by atoms with E-state index in [2.05, 4.69) is 5.32 Å². The molecule has 0 aromatic heterocycles. The van der Waals surface area contributed by atoms with E-state index in [4.69, 9.17) is 0 Å². The van der Waals surface area contributed by atoms with Gasteiger partial charge in [-0.05, 0) is 24.6 Å². The molecule has 1 amide bonds. The fraction of sp³-hybridized carbons (Fsp3) is 0.133. The summed E-state index contributed by atoms with van der Waals surface area (Å²) < 4.78 is 0. The maximum absolute atomic E-state index is 12.0. The van der Waals surface area contributed by atoms with Crippen LogP contribution in [0.15, 0.2) is 42.5 Å². The van der Waals surface area contributed by atoms with Crippen molar-refractivity contribution in [1.29, 1.82) is 0 Å². The number of nitro groups is 1. The maximum Gasteiger partial charge on any atom is 0.269 e. The van der Waals surface area contributed by atoms with Gasteiger partial charge in [-0.25, -0.2) is 0 Å². The Morgan fingerprint density at radius 1 is 1.29 bits per heavy atom. The van der Waals surface area contributed by atoms with Crippen molar-refractivity contribution in [2.24, 2.45) is 0 Å². The number of phenols is 1. The highest BCUT2D eigenvalue weighted by Gasteiger charge is 2.11. The summed E-state index contributed by atoms with van der Waals surface area (Å²) in [5.41, 5.74) is 1.60. The fourth-order valence-corrected chi connectivity index (χ4v) is 1.92. The Balaban J connectivity index is 2.10. The van der Waals surface area contributed by atoms with Gasteiger partial charge in [0.25, 0.3) is 5.69 Å². The minimum Gasteiger partial charge on any atom is -0.508 e. The molecule has 21 heavy (non-hydrogen) atoms. The Morgan fingerprint density at radius 3 is 2.71 bits per heavy atom. The van der Waals surface area contributed by atoms with E-state index in [0.29, 0.717) is 16.8 Å². The molecule has 0 fully saturated rings. The molecule has 0 aliphatic heterocycles. The fourth-order valence-electron chi connectivity index (χ4n) is 1.92. The third-order valence-corrected chi connectivity index (χ3v) is 3.07. The van der Waals surface area contributed by atoms with E-state index in [1.807, 2.05) is 0 Å². The minimum absolute atomic E-state index is 0.0246. The van der Waals surface area contributed by atoms with Gasteiger partial charge in [0.2, 0.25) is 5.91 Å². The first-order chi connectivity index (χ1) is 9.97. The number of carbonyl (C=O) groups excluding carboxylic acids is 1. The lowest BCUT2D eigenvalue weighted by Gasteiger charge is -2.09. The van der Waals surface area contributed by atoms with Crippen molar-refractivity contribution in [2.45, 2.75) is 13.3 Å². The van der Waals surface area contributed by atoms with Crippen molar-refractivity contribution in [3.05, 3.63) is 63.7 Å². The standard InChI is InChI=1S/C15H14N2O4/c1-10-13(6-3-7-14(10)18)16-15(19)9-11-4-2-5-12(8-11)17(20)21/h2-8,18H,9H2,1H3,(H,16,19). The molecule has 6 heteroatoms. The molecule has 108 valence electrons. The lowest BCUT2D eigenvalue weighted by Crippen LogP contribution is -2.15. The van der Waals surface area contributed by atoms with E-state index in [-0.39, 0.29) is 23.8 Å². The average Bonchev–Trinajstić information content (AvgIpc) is 2.44. The Labute approximate surface area is 121 Å². The van der Waals surface area contributed by atoms with E-state index in [1.54, 1.807) is 31.2 Å².